The molecular weight excluding hydrogens is 390 g/mol. The van der Waals surface area contributed by atoms with Crippen LogP contribution in [0.2, 0.25) is 0 Å². The van der Waals surface area contributed by atoms with E-state index in [1.165, 1.54) is 0 Å². The van der Waals surface area contributed by atoms with Gasteiger partial charge in [-0.2, -0.15) is 10.4 Å². The molecule has 9 nitrogen and oxygen atoms in total. The van der Waals surface area contributed by atoms with Gasteiger partial charge in [-0.3, -0.25) is 0 Å². The summed E-state index contributed by atoms with van der Waals surface area (Å²) in [5.74, 6) is 0.0275. The summed E-state index contributed by atoms with van der Waals surface area (Å²) in [6, 6.07) is 7.56. The van der Waals surface area contributed by atoms with E-state index in [2.05, 4.69) is 31.1 Å². The van der Waals surface area contributed by atoms with Gasteiger partial charge in [0, 0.05) is 36.0 Å². The summed E-state index contributed by atoms with van der Waals surface area (Å²) in [6.07, 6.45) is 9.87. The molecule has 1 unspecified atom stereocenters. The lowest BCUT2D eigenvalue weighted by atomic mass is 10.00. The van der Waals surface area contributed by atoms with E-state index in [1.54, 1.807) is 41.7 Å². The van der Waals surface area contributed by atoms with Crippen molar-refractivity contribution < 1.29 is 8.42 Å². The molecule has 1 N–H and O–H groups in total. The molecule has 146 valence electrons. The quantitative estimate of drug-likeness (QED) is 0.519. The van der Waals surface area contributed by atoms with E-state index in [4.69, 9.17) is 0 Å². The molecule has 4 rings (SSSR count). The van der Waals surface area contributed by atoms with Gasteiger partial charge in [0.25, 0.3) is 0 Å². The standard InChI is InChI=1S/C19H17N7O2S/c1-29(27,28)7-5-13(8-20)14-2-3-17(22-9-14)26-11-15(10-25-26)16-4-6-21-19-18(16)23-12-24-19/h2-4,6,9-13H,5,7H2,1H3,(H,21,23,24). The highest BCUT2D eigenvalue weighted by molar-refractivity contribution is 7.90. The van der Waals surface area contributed by atoms with Crippen LogP contribution in [0.4, 0.5) is 0 Å². The Morgan fingerprint density at radius 3 is 2.79 bits per heavy atom. The molecule has 10 heteroatoms. The molecule has 0 radical (unpaired) electrons. The van der Waals surface area contributed by atoms with Crippen molar-refractivity contribution in [2.24, 2.45) is 0 Å². The Morgan fingerprint density at radius 1 is 1.21 bits per heavy atom. The van der Waals surface area contributed by atoms with E-state index in [0.29, 0.717) is 17.0 Å². The third kappa shape index (κ3) is 4.00. The highest BCUT2D eigenvalue weighted by Crippen LogP contribution is 2.26. The van der Waals surface area contributed by atoms with Crippen LogP contribution in [0, 0.1) is 11.3 Å². The van der Waals surface area contributed by atoms with Gasteiger partial charge in [0.1, 0.15) is 15.4 Å². The van der Waals surface area contributed by atoms with Gasteiger partial charge in [-0.05, 0) is 24.1 Å². The van der Waals surface area contributed by atoms with Crippen LogP contribution in [0.25, 0.3) is 28.1 Å². The van der Waals surface area contributed by atoms with Gasteiger partial charge in [-0.15, -0.1) is 0 Å². The van der Waals surface area contributed by atoms with E-state index >= 15 is 0 Å². The molecule has 0 saturated carbocycles. The first-order valence-corrected chi connectivity index (χ1v) is 10.9. The molecular formula is C19H17N7O2S. The number of pyridine rings is 2. The summed E-state index contributed by atoms with van der Waals surface area (Å²) < 4.78 is 24.4. The molecule has 0 aromatic carbocycles. The summed E-state index contributed by atoms with van der Waals surface area (Å²) >= 11 is 0. The second kappa shape index (κ2) is 7.44. The van der Waals surface area contributed by atoms with Crippen molar-refractivity contribution in [3.63, 3.8) is 0 Å². The van der Waals surface area contributed by atoms with Crippen molar-refractivity contribution in [1.29, 1.82) is 5.26 Å². The number of rotatable bonds is 6. The molecule has 0 aliphatic heterocycles. The number of nitrogens with one attached hydrogen (secondary N) is 1. The fourth-order valence-electron chi connectivity index (χ4n) is 3.05. The average molecular weight is 407 g/mol. The summed E-state index contributed by atoms with van der Waals surface area (Å²) in [6.45, 7) is 0. The molecule has 0 bridgehead atoms. The summed E-state index contributed by atoms with van der Waals surface area (Å²) in [4.78, 5) is 15.9. The molecule has 4 aromatic heterocycles. The number of nitrogens with zero attached hydrogens (tertiary/aromatic N) is 6. The van der Waals surface area contributed by atoms with E-state index in [9.17, 15) is 13.7 Å². The second-order valence-electron chi connectivity index (χ2n) is 6.68. The molecule has 0 amide bonds. The van der Waals surface area contributed by atoms with Crippen molar-refractivity contribution >= 4 is 21.0 Å². The number of hydrogen-bond donors (Lipinski definition) is 1. The monoisotopic (exact) mass is 407 g/mol. The first-order chi connectivity index (χ1) is 13.9. The smallest absolute Gasteiger partial charge is 0.157 e. The third-order valence-corrected chi connectivity index (χ3v) is 5.53. The zero-order valence-electron chi connectivity index (χ0n) is 15.5. The van der Waals surface area contributed by atoms with Crippen molar-refractivity contribution in [3.8, 4) is 23.0 Å². The SMILES string of the molecule is CS(=O)(=O)CCC(C#N)c1ccc(-n2cc(-c3ccnc4[nH]cnc34)cn2)nc1. The van der Waals surface area contributed by atoms with Gasteiger partial charge in [0.15, 0.2) is 11.5 Å². The zero-order valence-corrected chi connectivity index (χ0v) is 16.3. The number of sulfone groups is 1. The fraction of sp³-hybridized carbons (Fsp3) is 0.211. The number of hydrogen-bond acceptors (Lipinski definition) is 7. The Hall–Kier alpha value is -3.58. The summed E-state index contributed by atoms with van der Waals surface area (Å²) in [7, 11) is -3.12. The Kier molecular flexibility index (Phi) is 4.82. The molecule has 1 atom stereocenters. The van der Waals surface area contributed by atoms with Crippen molar-refractivity contribution in [1.82, 2.24) is 29.7 Å². The lowest BCUT2D eigenvalue weighted by Crippen LogP contribution is -2.08. The molecule has 29 heavy (non-hydrogen) atoms. The van der Waals surface area contributed by atoms with Gasteiger partial charge in [0.05, 0.1) is 30.3 Å². The maximum absolute atomic E-state index is 11.4. The van der Waals surface area contributed by atoms with Crippen LogP contribution in [0.3, 0.4) is 0 Å². The van der Waals surface area contributed by atoms with E-state index in [1.807, 2.05) is 12.3 Å². The van der Waals surface area contributed by atoms with Gasteiger partial charge in [-0.1, -0.05) is 6.07 Å². The van der Waals surface area contributed by atoms with E-state index in [-0.39, 0.29) is 12.2 Å². The maximum Gasteiger partial charge on any atom is 0.157 e. The molecule has 0 aliphatic rings. The highest BCUT2D eigenvalue weighted by Gasteiger charge is 2.15. The summed E-state index contributed by atoms with van der Waals surface area (Å²) in [5, 5.41) is 13.7. The Morgan fingerprint density at radius 2 is 2.07 bits per heavy atom. The van der Waals surface area contributed by atoms with Crippen molar-refractivity contribution in [2.75, 3.05) is 12.0 Å². The van der Waals surface area contributed by atoms with Crippen LogP contribution < -0.4 is 0 Å². The average Bonchev–Trinajstić information content (AvgIpc) is 3.37. The highest BCUT2D eigenvalue weighted by atomic mass is 32.2. The predicted molar refractivity (Wildman–Crippen MR) is 107 cm³/mol. The second-order valence-corrected chi connectivity index (χ2v) is 8.94. The number of H-pyrrole nitrogens is 1. The Labute approximate surface area is 167 Å². The topological polar surface area (TPSA) is 130 Å². The third-order valence-electron chi connectivity index (χ3n) is 4.55. The van der Waals surface area contributed by atoms with Gasteiger partial charge in [-0.25, -0.2) is 28.1 Å². The van der Waals surface area contributed by atoms with E-state index in [0.717, 1.165) is 22.9 Å². The Balaban J connectivity index is 1.57. The first-order valence-electron chi connectivity index (χ1n) is 8.81. The van der Waals surface area contributed by atoms with Gasteiger partial charge < -0.3 is 4.98 Å². The normalized spacial score (nSPS) is 12.7. The van der Waals surface area contributed by atoms with Crippen LogP contribution >= 0.6 is 0 Å². The van der Waals surface area contributed by atoms with Crippen LogP contribution in [-0.2, 0) is 9.84 Å². The zero-order chi connectivity index (χ0) is 20.4. The molecule has 0 saturated heterocycles. The lowest BCUT2D eigenvalue weighted by Gasteiger charge is -2.09. The molecule has 0 fully saturated rings. The number of imidazole rings is 1. The molecule has 0 aliphatic carbocycles. The number of aromatic amines is 1. The first kappa shape index (κ1) is 18.8. The molecule has 4 aromatic rings. The minimum Gasteiger partial charge on any atom is -0.329 e. The molecule has 0 spiro atoms. The largest absolute Gasteiger partial charge is 0.329 e. The Bertz CT molecular complexity index is 1300. The maximum atomic E-state index is 11.4. The van der Waals surface area contributed by atoms with Gasteiger partial charge in [0.2, 0.25) is 0 Å². The predicted octanol–water partition coefficient (Wildman–Crippen LogP) is 2.25. The van der Waals surface area contributed by atoms with Crippen LogP contribution in [-0.4, -0.2) is 50.1 Å². The number of aromatic nitrogens is 6. The minimum absolute atomic E-state index is 0.0386. The number of nitriles is 1. The van der Waals surface area contributed by atoms with Crippen molar-refractivity contribution in [2.45, 2.75) is 12.3 Å². The van der Waals surface area contributed by atoms with E-state index < -0.39 is 15.8 Å². The fourth-order valence-corrected chi connectivity index (χ4v) is 3.71. The van der Waals surface area contributed by atoms with Crippen molar-refractivity contribution in [3.05, 3.63) is 54.9 Å². The van der Waals surface area contributed by atoms with Crippen LogP contribution in [0.1, 0.15) is 17.9 Å². The minimum atomic E-state index is -3.12. The van der Waals surface area contributed by atoms with Crippen LogP contribution in [0.15, 0.2) is 49.3 Å². The molecule has 4 heterocycles. The summed E-state index contributed by atoms with van der Waals surface area (Å²) in [5.41, 5.74) is 3.93. The lowest BCUT2D eigenvalue weighted by molar-refractivity contribution is 0.597. The van der Waals surface area contributed by atoms with Crippen LogP contribution in [0.5, 0.6) is 0 Å². The number of fused-ring (bicyclic) bond motifs is 1. The van der Waals surface area contributed by atoms with Gasteiger partial charge >= 0.3 is 0 Å².